The fraction of sp³-hybridized carbons (Fsp3) is 0.393. The lowest BCUT2D eigenvalue weighted by Crippen LogP contribution is -2.48. The molecule has 1 saturated heterocycles. The zero-order valence-corrected chi connectivity index (χ0v) is 23.2. The molecule has 1 N–H and O–H groups in total. The first-order chi connectivity index (χ1) is 19.2. The van der Waals surface area contributed by atoms with Crippen molar-refractivity contribution >= 4 is 22.8 Å². The lowest BCUT2D eigenvalue weighted by atomic mass is 10.1. The number of aromatic nitrogens is 2. The highest BCUT2D eigenvalue weighted by Gasteiger charge is 2.28. The summed E-state index contributed by atoms with van der Waals surface area (Å²) in [7, 11) is 0.614. The summed E-state index contributed by atoms with van der Waals surface area (Å²) < 4.78 is 50.1. The minimum atomic E-state index is -1.05. The molecule has 2 fully saturated rings. The zero-order valence-electron chi connectivity index (χ0n) is 22.4. The summed E-state index contributed by atoms with van der Waals surface area (Å²) in [6.07, 6.45) is 3.72. The molecule has 212 valence electrons. The fourth-order valence-electron chi connectivity index (χ4n) is 4.62. The van der Waals surface area contributed by atoms with E-state index < -0.39 is 28.5 Å². The van der Waals surface area contributed by atoms with Gasteiger partial charge >= 0.3 is 0 Å². The van der Waals surface area contributed by atoms with Crippen molar-refractivity contribution in [3.63, 3.8) is 0 Å². The number of nitrogens with one attached hydrogen (secondary N) is 1. The molecule has 2 heterocycles. The Balaban J connectivity index is 1.17. The number of nitrogens with zero attached hydrogens (tertiary/aromatic N) is 4. The average molecular weight is 572 g/mol. The molecular formula is C28H31F2N5O4S. The molecule has 0 radical (unpaired) electrons. The van der Waals surface area contributed by atoms with Crippen LogP contribution in [-0.4, -0.2) is 67.4 Å². The standard InChI is InChI=1S/C28H31F2N5O4S/c1-33-24(15-23(32-33)19-7-8-19)27(36)31-16-21-22(29)9-10-25(26(21)30)39-17-18-3-5-20(6-4-18)28(37)34-11-13-35(14-12-34)40(2)38/h3-6,9-10,15,19H,7-8,11-14,16-17H2,1-2H3,(H,31,36). The number of aryl methyl sites for hydroxylation is 1. The third-order valence-corrected chi connectivity index (χ3v) is 8.28. The van der Waals surface area contributed by atoms with E-state index in [9.17, 15) is 18.2 Å². The Kier molecular flexibility index (Phi) is 8.27. The van der Waals surface area contributed by atoms with Crippen LogP contribution in [0.15, 0.2) is 42.5 Å². The third kappa shape index (κ3) is 6.23. The highest BCUT2D eigenvalue weighted by molar-refractivity contribution is 7.81. The van der Waals surface area contributed by atoms with E-state index in [1.54, 1.807) is 48.5 Å². The Bertz CT molecular complexity index is 1430. The topological polar surface area (TPSA) is 96.8 Å². The van der Waals surface area contributed by atoms with Crippen molar-refractivity contribution in [3.05, 3.63) is 82.2 Å². The number of hydrogen-bond acceptors (Lipinski definition) is 5. The molecule has 3 aromatic rings. The molecule has 2 aromatic carbocycles. The summed E-state index contributed by atoms with van der Waals surface area (Å²) in [5.74, 6) is -2.02. The molecule has 0 spiro atoms. The molecular weight excluding hydrogens is 540 g/mol. The Morgan fingerprint density at radius 2 is 1.77 bits per heavy atom. The number of carbonyl (C=O) groups is 2. The van der Waals surface area contributed by atoms with Crippen LogP contribution in [-0.2, 0) is 31.2 Å². The number of carbonyl (C=O) groups excluding carboxylic acids is 2. The molecule has 1 aliphatic carbocycles. The van der Waals surface area contributed by atoms with Gasteiger partial charge < -0.3 is 15.0 Å². The molecule has 2 aliphatic rings. The molecule has 0 bridgehead atoms. The van der Waals surface area contributed by atoms with Crippen LogP contribution in [0.5, 0.6) is 5.75 Å². The van der Waals surface area contributed by atoms with Crippen LogP contribution in [0.4, 0.5) is 8.78 Å². The second-order valence-electron chi connectivity index (χ2n) is 10.0. The quantitative estimate of drug-likeness (QED) is 0.426. The van der Waals surface area contributed by atoms with Crippen LogP contribution in [0, 0.1) is 11.6 Å². The summed E-state index contributed by atoms with van der Waals surface area (Å²) in [4.78, 5) is 27.2. The number of piperazine rings is 1. The molecule has 12 heteroatoms. The van der Waals surface area contributed by atoms with Gasteiger partial charge in [0.15, 0.2) is 11.6 Å². The van der Waals surface area contributed by atoms with E-state index in [1.165, 1.54) is 10.7 Å². The molecule has 1 aromatic heterocycles. The Labute approximate surface area is 233 Å². The second kappa shape index (κ2) is 11.8. The maximum Gasteiger partial charge on any atom is 0.269 e. The minimum absolute atomic E-state index is 0.00275. The average Bonchev–Trinajstić information content (AvgIpc) is 3.73. The van der Waals surface area contributed by atoms with Crippen molar-refractivity contribution in [2.24, 2.45) is 7.05 Å². The SMILES string of the molecule is Cn1nc(C2CC2)cc1C(=O)NCc1c(F)ccc(OCc2ccc(C(=O)N3CCN(S(C)=O)CC3)cc2)c1F. The Morgan fingerprint density at radius 1 is 1.07 bits per heavy atom. The van der Waals surface area contributed by atoms with Gasteiger partial charge in [-0.05, 0) is 48.7 Å². The van der Waals surface area contributed by atoms with Crippen LogP contribution in [0.2, 0.25) is 0 Å². The third-order valence-electron chi connectivity index (χ3n) is 7.19. The lowest BCUT2D eigenvalue weighted by Gasteiger charge is -2.33. The first kappa shape index (κ1) is 27.9. The van der Waals surface area contributed by atoms with E-state index in [-0.39, 0.29) is 30.4 Å². The summed E-state index contributed by atoms with van der Waals surface area (Å²) in [6, 6.07) is 10.8. The number of ether oxygens (including phenoxy) is 1. The van der Waals surface area contributed by atoms with Crippen molar-refractivity contribution < 1.29 is 27.3 Å². The van der Waals surface area contributed by atoms with Gasteiger partial charge in [-0.3, -0.25) is 14.3 Å². The monoisotopic (exact) mass is 571 g/mol. The van der Waals surface area contributed by atoms with Gasteiger partial charge in [0.2, 0.25) is 0 Å². The number of amides is 2. The molecule has 2 amide bonds. The van der Waals surface area contributed by atoms with Gasteiger partial charge in [0.25, 0.3) is 11.8 Å². The van der Waals surface area contributed by atoms with Crippen molar-refractivity contribution in [1.82, 2.24) is 24.3 Å². The van der Waals surface area contributed by atoms with Crippen molar-refractivity contribution in [1.29, 1.82) is 0 Å². The normalized spacial score (nSPS) is 16.6. The predicted octanol–water partition coefficient (Wildman–Crippen LogP) is 3.14. The van der Waals surface area contributed by atoms with E-state index in [2.05, 4.69) is 10.4 Å². The molecule has 1 aliphatic heterocycles. The molecule has 1 atom stereocenters. The smallest absolute Gasteiger partial charge is 0.269 e. The molecule has 1 saturated carbocycles. The van der Waals surface area contributed by atoms with Gasteiger partial charge in [0, 0.05) is 63.1 Å². The highest BCUT2D eigenvalue weighted by Crippen LogP contribution is 2.39. The van der Waals surface area contributed by atoms with Crippen molar-refractivity contribution in [2.45, 2.75) is 31.9 Å². The maximum absolute atomic E-state index is 15.1. The van der Waals surface area contributed by atoms with Crippen molar-refractivity contribution in [2.75, 3.05) is 32.4 Å². The largest absolute Gasteiger partial charge is 0.486 e. The number of benzene rings is 2. The zero-order chi connectivity index (χ0) is 28.4. The van der Waals surface area contributed by atoms with E-state index in [4.69, 9.17) is 4.74 Å². The van der Waals surface area contributed by atoms with Gasteiger partial charge in [-0.15, -0.1) is 0 Å². The van der Waals surface area contributed by atoms with Gasteiger partial charge in [-0.1, -0.05) is 12.1 Å². The fourth-order valence-corrected chi connectivity index (χ4v) is 5.30. The maximum atomic E-state index is 15.1. The van der Waals surface area contributed by atoms with Gasteiger partial charge in [0.05, 0.1) is 16.7 Å². The first-order valence-corrected chi connectivity index (χ1v) is 14.6. The van der Waals surface area contributed by atoms with Gasteiger partial charge in [-0.2, -0.15) is 5.10 Å². The van der Waals surface area contributed by atoms with E-state index in [1.807, 2.05) is 4.31 Å². The highest BCUT2D eigenvalue weighted by atomic mass is 32.2. The van der Waals surface area contributed by atoms with Crippen LogP contribution in [0.3, 0.4) is 0 Å². The van der Waals surface area contributed by atoms with E-state index in [0.717, 1.165) is 24.6 Å². The summed E-state index contributed by atoms with van der Waals surface area (Å²) in [5.41, 5.74) is 2.09. The first-order valence-electron chi connectivity index (χ1n) is 13.1. The predicted molar refractivity (Wildman–Crippen MR) is 145 cm³/mol. The van der Waals surface area contributed by atoms with Crippen LogP contribution in [0.25, 0.3) is 0 Å². The number of halogens is 2. The minimum Gasteiger partial charge on any atom is -0.486 e. The van der Waals surface area contributed by atoms with Crippen LogP contribution in [0.1, 0.15) is 56.4 Å². The van der Waals surface area contributed by atoms with Gasteiger partial charge in [-0.25, -0.2) is 17.3 Å². The van der Waals surface area contributed by atoms with Crippen molar-refractivity contribution in [3.8, 4) is 5.75 Å². The Morgan fingerprint density at radius 3 is 2.42 bits per heavy atom. The number of rotatable bonds is 9. The van der Waals surface area contributed by atoms with Gasteiger partial charge in [0.1, 0.15) is 18.1 Å². The summed E-state index contributed by atoms with van der Waals surface area (Å²) >= 11 is 0. The second-order valence-corrected chi connectivity index (χ2v) is 11.4. The Hall–Kier alpha value is -3.64. The van der Waals surface area contributed by atoms with Crippen LogP contribution < -0.4 is 10.1 Å². The van der Waals surface area contributed by atoms with E-state index in [0.29, 0.717) is 48.9 Å². The number of hydrogen-bond donors (Lipinski definition) is 1. The summed E-state index contributed by atoms with van der Waals surface area (Å²) in [5, 5.41) is 6.93. The molecule has 1 unspecified atom stereocenters. The lowest BCUT2D eigenvalue weighted by molar-refractivity contribution is 0.0701. The molecule has 5 rings (SSSR count). The summed E-state index contributed by atoms with van der Waals surface area (Å²) in [6.45, 7) is 1.76. The van der Waals surface area contributed by atoms with Crippen LogP contribution >= 0.6 is 0 Å². The van der Waals surface area contributed by atoms with E-state index >= 15 is 4.39 Å². The molecule has 9 nitrogen and oxygen atoms in total. The molecule has 40 heavy (non-hydrogen) atoms.